The van der Waals surface area contributed by atoms with Crippen LogP contribution >= 0.6 is 0 Å². The number of aromatic nitrogens is 1. The molecule has 0 radical (unpaired) electrons. The van der Waals surface area contributed by atoms with E-state index in [0.29, 0.717) is 23.8 Å². The number of ether oxygens (including phenoxy) is 2. The molecule has 0 N–H and O–H groups in total. The van der Waals surface area contributed by atoms with Gasteiger partial charge in [0.15, 0.2) is 0 Å². The van der Waals surface area contributed by atoms with Gasteiger partial charge in [0.05, 0.1) is 13.3 Å². The molecular weight excluding hydrogens is 293 g/mol. The number of halogens is 1. The topological polar surface area (TPSA) is 31.4 Å². The van der Waals surface area contributed by atoms with Gasteiger partial charge in [0.25, 0.3) is 0 Å². The summed E-state index contributed by atoms with van der Waals surface area (Å²) in [6.45, 7) is 0.470. The number of rotatable bonds is 5. The van der Waals surface area contributed by atoms with E-state index < -0.39 is 0 Å². The molecule has 4 heteroatoms. The molecule has 3 rings (SSSR count). The summed E-state index contributed by atoms with van der Waals surface area (Å²) in [5, 5.41) is 0. The van der Waals surface area contributed by atoms with Gasteiger partial charge < -0.3 is 9.47 Å². The highest BCUT2D eigenvalue weighted by Crippen LogP contribution is 2.33. The van der Waals surface area contributed by atoms with Gasteiger partial charge in [0, 0.05) is 11.6 Å². The normalized spacial score (nSPS) is 14.7. The highest BCUT2D eigenvalue weighted by atomic mass is 19.1. The molecule has 3 nitrogen and oxygen atoms in total. The summed E-state index contributed by atoms with van der Waals surface area (Å²) in [6, 6.07) is 10.6. The number of methoxy groups -OCH3 is 1. The monoisotopic (exact) mass is 313 g/mol. The second-order valence-corrected chi connectivity index (χ2v) is 5.59. The molecule has 2 aromatic rings. The van der Waals surface area contributed by atoms with Crippen molar-refractivity contribution in [3.8, 4) is 11.6 Å². The van der Waals surface area contributed by atoms with E-state index in [9.17, 15) is 4.39 Å². The molecular formula is C19H20FNO2. The van der Waals surface area contributed by atoms with Crippen LogP contribution in [0.25, 0.3) is 5.57 Å². The van der Waals surface area contributed by atoms with Gasteiger partial charge in [-0.1, -0.05) is 18.2 Å². The quantitative estimate of drug-likeness (QED) is 0.806. The summed E-state index contributed by atoms with van der Waals surface area (Å²) < 4.78 is 25.0. The molecule has 0 fully saturated rings. The number of benzene rings is 1. The van der Waals surface area contributed by atoms with Crippen molar-refractivity contribution in [2.24, 2.45) is 0 Å². The fourth-order valence-corrected chi connectivity index (χ4v) is 2.90. The van der Waals surface area contributed by atoms with Gasteiger partial charge in [-0.15, -0.1) is 0 Å². The SMILES string of the molecule is COc1ccc(OCC2=C(c3ccccc3F)CCCC2)cn1. The number of hydrogen-bond acceptors (Lipinski definition) is 3. The van der Waals surface area contributed by atoms with Gasteiger partial charge in [0.2, 0.25) is 5.88 Å². The number of allylic oxidation sites excluding steroid dienone is 1. The number of pyridine rings is 1. The Hall–Kier alpha value is -2.36. The minimum Gasteiger partial charge on any atom is -0.488 e. The molecule has 1 aliphatic carbocycles. The van der Waals surface area contributed by atoms with E-state index in [1.165, 1.54) is 11.6 Å². The Morgan fingerprint density at radius 1 is 1.09 bits per heavy atom. The predicted octanol–water partition coefficient (Wildman–Crippen LogP) is 4.64. The Morgan fingerprint density at radius 3 is 2.65 bits per heavy atom. The summed E-state index contributed by atoms with van der Waals surface area (Å²) in [5.74, 6) is 1.09. The molecule has 1 aliphatic rings. The summed E-state index contributed by atoms with van der Waals surface area (Å²) in [4.78, 5) is 4.13. The molecule has 0 unspecified atom stereocenters. The van der Waals surface area contributed by atoms with Crippen LogP contribution < -0.4 is 9.47 Å². The first kappa shape index (κ1) is 15.5. The lowest BCUT2D eigenvalue weighted by atomic mass is 9.87. The van der Waals surface area contributed by atoms with Crippen LogP contribution in [0.2, 0.25) is 0 Å². The molecule has 0 bridgehead atoms. The van der Waals surface area contributed by atoms with Crippen LogP contribution in [0.15, 0.2) is 48.2 Å². The van der Waals surface area contributed by atoms with Crippen LogP contribution in [0.5, 0.6) is 11.6 Å². The zero-order valence-electron chi connectivity index (χ0n) is 13.2. The van der Waals surface area contributed by atoms with Crippen molar-refractivity contribution >= 4 is 5.57 Å². The Kier molecular flexibility index (Phi) is 4.91. The first-order valence-electron chi connectivity index (χ1n) is 7.86. The van der Waals surface area contributed by atoms with Crippen molar-refractivity contribution in [2.45, 2.75) is 25.7 Å². The standard InChI is InChI=1S/C19H20FNO2/c1-22-19-11-10-15(12-21-19)23-13-14-6-2-3-7-16(14)17-8-4-5-9-18(17)20/h4-5,8-12H,2-3,6-7,13H2,1H3. The van der Waals surface area contributed by atoms with E-state index in [2.05, 4.69) is 4.98 Å². The molecule has 1 aromatic carbocycles. The van der Waals surface area contributed by atoms with E-state index in [1.54, 1.807) is 25.4 Å². The molecule has 0 saturated heterocycles. The predicted molar refractivity (Wildman–Crippen MR) is 88.1 cm³/mol. The smallest absolute Gasteiger partial charge is 0.213 e. The Labute approximate surface area is 135 Å². The van der Waals surface area contributed by atoms with E-state index in [0.717, 1.165) is 31.3 Å². The average molecular weight is 313 g/mol. The second kappa shape index (κ2) is 7.27. The highest BCUT2D eigenvalue weighted by molar-refractivity contribution is 5.70. The Morgan fingerprint density at radius 2 is 1.91 bits per heavy atom. The Balaban J connectivity index is 1.79. The molecule has 0 saturated carbocycles. The third-order valence-corrected chi connectivity index (χ3v) is 4.11. The van der Waals surface area contributed by atoms with Gasteiger partial charge in [-0.25, -0.2) is 9.37 Å². The lowest BCUT2D eigenvalue weighted by Crippen LogP contribution is -2.09. The third kappa shape index (κ3) is 3.70. The molecule has 23 heavy (non-hydrogen) atoms. The zero-order valence-corrected chi connectivity index (χ0v) is 13.2. The van der Waals surface area contributed by atoms with Crippen molar-refractivity contribution < 1.29 is 13.9 Å². The lowest BCUT2D eigenvalue weighted by Gasteiger charge is -2.21. The van der Waals surface area contributed by atoms with Crippen LogP contribution in [0.4, 0.5) is 4.39 Å². The van der Waals surface area contributed by atoms with Crippen molar-refractivity contribution in [1.82, 2.24) is 4.98 Å². The van der Waals surface area contributed by atoms with Gasteiger partial charge in [-0.05, 0) is 49.0 Å². The van der Waals surface area contributed by atoms with Crippen LogP contribution in [0.1, 0.15) is 31.2 Å². The first-order valence-corrected chi connectivity index (χ1v) is 7.86. The minimum atomic E-state index is -0.159. The lowest BCUT2D eigenvalue weighted by molar-refractivity contribution is 0.340. The molecule has 0 spiro atoms. The first-order chi connectivity index (χ1) is 11.3. The van der Waals surface area contributed by atoms with Gasteiger partial charge in [-0.3, -0.25) is 0 Å². The minimum absolute atomic E-state index is 0.159. The fraction of sp³-hybridized carbons (Fsp3) is 0.316. The van der Waals surface area contributed by atoms with E-state index in [-0.39, 0.29) is 5.82 Å². The van der Waals surface area contributed by atoms with Crippen molar-refractivity contribution in [3.63, 3.8) is 0 Å². The molecule has 0 amide bonds. The summed E-state index contributed by atoms with van der Waals surface area (Å²) in [5.41, 5.74) is 2.98. The zero-order chi connectivity index (χ0) is 16.1. The maximum absolute atomic E-state index is 14.1. The third-order valence-electron chi connectivity index (χ3n) is 4.11. The van der Waals surface area contributed by atoms with Crippen molar-refractivity contribution in [3.05, 3.63) is 59.5 Å². The number of nitrogens with zero attached hydrogens (tertiary/aromatic N) is 1. The maximum atomic E-state index is 14.1. The van der Waals surface area contributed by atoms with Gasteiger partial charge in [0.1, 0.15) is 18.2 Å². The molecule has 120 valence electrons. The number of hydrogen-bond donors (Lipinski definition) is 0. The van der Waals surface area contributed by atoms with Crippen LogP contribution in [0, 0.1) is 5.82 Å². The maximum Gasteiger partial charge on any atom is 0.213 e. The van der Waals surface area contributed by atoms with Crippen molar-refractivity contribution in [1.29, 1.82) is 0 Å². The Bertz CT molecular complexity index is 695. The molecule has 0 aliphatic heterocycles. The van der Waals surface area contributed by atoms with Crippen LogP contribution in [0.3, 0.4) is 0 Å². The largest absolute Gasteiger partial charge is 0.488 e. The van der Waals surface area contributed by atoms with E-state index in [1.807, 2.05) is 18.2 Å². The summed E-state index contributed by atoms with van der Waals surface area (Å²) in [6.07, 6.45) is 5.72. The van der Waals surface area contributed by atoms with Crippen LogP contribution in [-0.2, 0) is 0 Å². The fourth-order valence-electron chi connectivity index (χ4n) is 2.90. The average Bonchev–Trinajstić information content (AvgIpc) is 2.61. The highest BCUT2D eigenvalue weighted by Gasteiger charge is 2.17. The van der Waals surface area contributed by atoms with Gasteiger partial charge in [-0.2, -0.15) is 0 Å². The second-order valence-electron chi connectivity index (χ2n) is 5.59. The van der Waals surface area contributed by atoms with E-state index >= 15 is 0 Å². The molecule has 1 heterocycles. The molecule has 1 aromatic heterocycles. The van der Waals surface area contributed by atoms with E-state index in [4.69, 9.17) is 9.47 Å². The van der Waals surface area contributed by atoms with Gasteiger partial charge >= 0.3 is 0 Å². The molecule has 0 atom stereocenters. The summed E-state index contributed by atoms with van der Waals surface area (Å²) in [7, 11) is 1.58. The summed E-state index contributed by atoms with van der Waals surface area (Å²) >= 11 is 0. The van der Waals surface area contributed by atoms with Crippen molar-refractivity contribution in [2.75, 3.05) is 13.7 Å². The van der Waals surface area contributed by atoms with Crippen LogP contribution in [-0.4, -0.2) is 18.7 Å².